The smallest absolute Gasteiger partial charge is 0.0346 e. The van der Waals surface area contributed by atoms with Crippen LogP contribution in [0.5, 0.6) is 0 Å². The average molecular weight is 237 g/mol. The number of hydrogen-bond acceptors (Lipinski definition) is 1. The molecule has 1 aromatic carbocycles. The zero-order chi connectivity index (χ0) is 12.6. The van der Waals surface area contributed by atoms with Crippen LogP contribution >= 0.6 is 0 Å². The lowest BCUT2D eigenvalue weighted by Crippen LogP contribution is -2.14. The summed E-state index contributed by atoms with van der Waals surface area (Å²) in [5.41, 5.74) is 4.42. The molecular weight excluding hydrogens is 218 g/mol. The lowest BCUT2D eigenvalue weighted by atomic mass is 9.84. The fraction of sp³-hybridized carbons (Fsp3) is 0.353. The van der Waals surface area contributed by atoms with Gasteiger partial charge >= 0.3 is 0 Å². The topological polar surface area (TPSA) is 12.9 Å². The van der Waals surface area contributed by atoms with E-state index in [-0.39, 0.29) is 0 Å². The summed E-state index contributed by atoms with van der Waals surface area (Å²) in [6, 6.07) is 13.2. The molecule has 1 heterocycles. The van der Waals surface area contributed by atoms with Crippen molar-refractivity contribution in [3.05, 3.63) is 54.4 Å². The second kappa shape index (κ2) is 4.24. The number of rotatable bonds is 3. The van der Waals surface area contributed by atoms with Gasteiger partial charge in [-0.1, -0.05) is 44.2 Å². The summed E-state index contributed by atoms with van der Waals surface area (Å²) in [6.45, 7) is 4.67. The molecule has 1 heteroatoms. The molecule has 0 amide bonds. The quantitative estimate of drug-likeness (QED) is 0.769. The van der Waals surface area contributed by atoms with Crippen molar-refractivity contribution in [2.75, 3.05) is 0 Å². The molecule has 1 saturated carbocycles. The molecule has 0 saturated heterocycles. The molecule has 1 fully saturated rings. The standard InChI is InChI=1S/C17H19N/c1-13(2)17(9-10-17)16-7-5-14(6-8-16)15-4-3-11-18-12-15/h3-8,11-13H,9-10H2,1-2H3. The number of hydrogen-bond donors (Lipinski definition) is 0. The Kier molecular flexibility index (Phi) is 2.70. The van der Waals surface area contributed by atoms with Crippen LogP contribution in [0.3, 0.4) is 0 Å². The van der Waals surface area contributed by atoms with E-state index in [9.17, 15) is 0 Å². The second-order valence-corrected chi connectivity index (χ2v) is 5.63. The van der Waals surface area contributed by atoms with Crippen LogP contribution in [0.15, 0.2) is 48.8 Å². The molecule has 2 aromatic rings. The van der Waals surface area contributed by atoms with E-state index in [1.54, 1.807) is 0 Å². The Hall–Kier alpha value is -1.63. The van der Waals surface area contributed by atoms with Crippen LogP contribution in [0.4, 0.5) is 0 Å². The van der Waals surface area contributed by atoms with Gasteiger partial charge < -0.3 is 0 Å². The zero-order valence-corrected chi connectivity index (χ0v) is 11.1. The minimum Gasteiger partial charge on any atom is -0.264 e. The molecule has 0 N–H and O–H groups in total. The Morgan fingerprint density at radius 1 is 1.00 bits per heavy atom. The highest BCUT2D eigenvalue weighted by Gasteiger charge is 2.46. The summed E-state index contributed by atoms with van der Waals surface area (Å²) >= 11 is 0. The third-order valence-corrected chi connectivity index (χ3v) is 4.35. The molecule has 0 spiro atoms. The van der Waals surface area contributed by atoms with Crippen molar-refractivity contribution in [2.24, 2.45) is 5.92 Å². The molecular formula is C17H19N. The van der Waals surface area contributed by atoms with Crippen molar-refractivity contribution in [1.82, 2.24) is 4.98 Å². The Labute approximate surface area is 109 Å². The molecule has 3 rings (SSSR count). The second-order valence-electron chi connectivity index (χ2n) is 5.63. The van der Waals surface area contributed by atoms with E-state index in [1.807, 2.05) is 18.5 Å². The van der Waals surface area contributed by atoms with Gasteiger partial charge in [-0.2, -0.15) is 0 Å². The van der Waals surface area contributed by atoms with E-state index < -0.39 is 0 Å². The van der Waals surface area contributed by atoms with E-state index >= 15 is 0 Å². The summed E-state index contributed by atoms with van der Waals surface area (Å²) in [6.07, 6.45) is 6.42. The van der Waals surface area contributed by atoms with E-state index in [1.165, 1.54) is 29.5 Å². The molecule has 0 atom stereocenters. The highest BCUT2D eigenvalue weighted by molar-refractivity contribution is 5.62. The monoisotopic (exact) mass is 237 g/mol. The number of pyridine rings is 1. The van der Waals surface area contributed by atoms with E-state index in [0.717, 1.165) is 5.92 Å². The van der Waals surface area contributed by atoms with Crippen molar-refractivity contribution < 1.29 is 0 Å². The summed E-state index contributed by atoms with van der Waals surface area (Å²) in [4.78, 5) is 4.17. The molecule has 1 nitrogen and oxygen atoms in total. The molecule has 0 unspecified atom stereocenters. The van der Waals surface area contributed by atoms with Gasteiger partial charge in [-0.3, -0.25) is 4.98 Å². The first-order chi connectivity index (χ1) is 8.72. The summed E-state index contributed by atoms with van der Waals surface area (Å²) in [5, 5.41) is 0. The van der Waals surface area contributed by atoms with Gasteiger partial charge in [-0.25, -0.2) is 0 Å². The minimum atomic E-state index is 0.466. The SMILES string of the molecule is CC(C)C1(c2ccc(-c3cccnc3)cc2)CC1. The maximum absolute atomic E-state index is 4.17. The van der Waals surface area contributed by atoms with Gasteiger partial charge in [0.25, 0.3) is 0 Å². The molecule has 1 aliphatic rings. The van der Waals surface area contributed by atoms with Crippen LogP contribution in [0.25, 0.3) is 11.1 Å². The average Bonchev–Trinajstić information content (AvgIpc) is 3.22. The lowest BCUT2D eigenvalue weighted by molar-refractivity contribution is 0.481. The van der Waals surface area contributed by atoms with Crippen LogP contribution in [0.1, 0.15) is 32.3 Å². The molecule has 1 aliphatic carbocycles. The number of aromatic nitrogens is 1. The van der Waals surface area contributed by atoms with E-state index in [4.69, 9.17) is 0 Å². The van der Waals surface area contributed by atoms with Gasteiger partial charge in [0.15, 0.2) is 0 Å². The van der Waals surface area contributed by atoms with Crippen molar-refractivity contribution in [1.29, 1.82) is 0 Å². The molecule has 1 aromatic heterocycles. The number of nitrogens with zero attached hydrogens (tertiary/aromatic N) is 1. The van der Waals surface area contributed by atoms with Crippen molar-refractivity contribution in [3.8, 4) is 11.1 Å². The highest BCUT2D eigenvalue weighted by Crippen LogP contribution is 2.53. The van der Waals surface area contributed by atoms with Gasteiger partial charge in [0, 0.05) is 12.4 Å². The van der Waals surface area contributed by atoms with E-state index in [2.05, 4.69) is 49.2 Å². The van der Waals surface area contributed by atoms with Crippen molar-refractivity contribution in [2.45, 2.75) is 32.1 Å². The predicted octanol–water partition coefficient (Wildman–Crippen LogP) is 4.44. The predicted molar refractivity (Wildman–Crippen MR) is 75.4 cm³/mol. The van der Waals surface area contributed by atoms with Gasteiger partial charge in [0.1, 0.15) is 0 Å². The molecule has 0 aliphatic heterocycles. The van der Waals surface area contributed by atoms with Gasteiger partial charge in [-0.15, -0.1) is 0 Å². The van der Waals surface area contributed by atoms with Gasteiger partial charge in [0.05, 0.1) is 0 Å². The lowest BCUT2D eigenvalue weighted by Gasteiger charge is -2.20. The first kappa shape index (κ1) is 11.5. The summed E-state index contributed by atoms with van der Waals surface area (Å²) in [5.74, 6) is 0.738. The number of benzene rings is 1. The Bertz CT molecular complexity index is 521. The summed E-state index contributed by atoms with van der Waals surface area (Å²) in [7, 11) is 0. The van der Waals surface area contributed by atoms with Crippen molar-refractivity contribution in [3.63, 3.8) is 0 Å². The Balaban J connectivity index is 1.91. The molecule has 18 heavy (non-hydrogen) atoms. The van der Waals surface area contributed by atoms with Crippen LogP contribution in [-0.2, 0) is 5.41 Å². The van der Waals surface area contributed by atoms with Gasteiger partial charge in [-0.05, 0) is 46.9 Å². The molecule has 0 bridgehead atoms. The summed E-state index contributed by atoms with van der Waals surface area (Å²) < 4.78 is 0. The normalized spacial score (nSPS) is 16.8. The zero-order valence-electron chi connectivity index (χ0n) is 11.1. The van der Waals surface area contributed by atoms with Crippen LogP contribution in [0, 0.1) is 5.92 Å². The van der Waals surface area contributed by atoms with Crippen LogP contribution < -0.4 is 0 Å². The maximum Gasteiger partial charge on any atom is 0.0346 e. The highest BCUT2D eigenvalue weighted by atomic mass is 14.6. The third-order valence-electron chi connectivity index (χ3n) is 4.35. The van der Waals surface area contributed by atoms with Gasteiger partial charge in [0.2, 0.25) is 0 Å². The Morgan fingerprint density at radius 2 is 1.72 bits per heavy atom. The molecule has 92 valence electrons. The maximum atomic E-state index is 4.17. The first-order valence-corrected chi connectivity index (χ1v) is 6.73. The largest absolute Gasteiger partial charge is 0.264 e. The third kappa shape index (κ3) is 1.84. The van der Waals surface area contributed by atoms with Crippen LogP contribution in [-0.4, -0.2) is 4.98 Å². The van der Waals surface area contributed by atoms with E-state index in [0.29, 0.717) is 5.41 Å². The minimum absolute atomic E-state index is 0.466. The Morgan fingerprint density at radius 3 is 2.22 bits per heavy atom. The first-order valence-electron chi connectivity index (χ1n) is 6.73. The fourth-order valence-electron chi connectivity index (χ4n) is 2.86. The van der Waals surface area contributed by atoms with Crippen molar-refractivity contribution >= 4 is 0 Å². The fourth-order valence-corrected chi connectivity index (χ4v) is 2.86. The molecule has 0 radical (unpaired) electrons. The van der Waals surface area contributed by atoms with Crippen LogP contribution in [0.2, 0.25) is 0 Å².